The van der Waals surface area contributed by atoms with Crippen molar-refractivity contribution >= 4 is 28.1 Å². The van der Waals surface area contributed by atoms with Gasteiger partial charge in [-0.05, 0) is 40.5 Å². The van der Waals surface area contributed by atoms with Crippen molar-refractivity contribution in [1.29, 1.82) is 0 Å². The van der Waals surface area contributed by atoms with Gasteiger partial charge in [0.1, 0.15) is 4.64 Å². The van der Waals surface area contributed by atoms with Gasteiger partial charge < -0.3 is 0 Å². The van der Waals surface area contributed by atoms with Crippen LogP contribution < -0.4 is 0 Å². The number of H-pyrrole nitrogens is 1. The number of aryl methyl sites for hydroxylation is 1. The zero-order chi connectivity index (χ0) is 11.5. The summed E-state index contributed by atoms with van der Waals surface area (Å²) >= 11 is 8.64. The van der Waals surface area contributed by atoms with E-state index in [0.717, 1.165) is 33.5 Å². The molecule has 0 aliphatic carbocycles. The zero-order valence-corrected chi connectivity index (χ0v) is 11.3. The number of hydrogen-bond donors (Lipinski definition) is 1. The van der Waals surface area contributed by atoms with Gasteiger partial charge >= 0.3 is 0 Å². The SMILES string of the molecule is CCCc1cc(=S)n(-c2ccc(Br)cn2)[nH]1. The molecule has 0 saturated carbocycles. The van der Waals surface area contributed by atoms with Crippen LogP contribution in [0.5, 0.6) is 0 Å². The highest BCUT2D eigenvalue weighted by Gasteiger charge is 2.02. The van der Waals surface area contributed by atoms with Crippen LogP contribution in [-0.4, -0.2) is 14.8 Å². The van der Waals surface area contributed by atoms with Crippen molar-refractivity contribution < 1.29 is 0 Å². The number of halogens is 1. The van der Waals surface area contributed by atoms with Crippen molar-refractivity contribution in [3.8, 4) is 5.82 Å². The Hall–Kier alpha value is -0.940. The molecule has 0 aromatic carbocycles. The Morgan fingerprint density at radius 2 is 2.31 bits per heavy atom. The minimum Gasteiger partial charge on any atom is -0.296 e. The fourth-order valence-electron chi connectivity index (χ4n) is 1.51. The number of pyridine rings is 1. The third kappa shape index (κ3) is 2.41. The third-order valence-corrected chi connectivity index (χ3v) is 3.00. The molecule has 84 valence electrons. The molecule has 0 spiro atoms. The summed E-state index contributed by atoms with van der Waals surface area (Å²) in [6.07, 6.45) is 3.87. The molecule has 1 N–H and O–H groups in total. The fourth-order valence-corrected chi connectivity index (χ4v) is 2.03. The Morgan fingerprint density at radius 1 is 1.50 bits per heavy atom. The number of hydrogen-bond acceptors (Lipinski definition) is 2. The summed E-state index contributed by atoms with van der Waals surface area (Å²) in [6, 6.07) is 5.86. The normalized spacial score (nSPS) is 10.6. The first-order valence-electron chi connectivity index (χ1n) is 5.13. The second kappa shape index (κ2) is 4.93. The molecule has 2 aromatic heterocycles. The topological polar surface area (TPSA) is 33.6 Å². The van der Waals surface area contributed by atoms with Gasteiger partial charge in [0, 0.05) is 16.4 Å². The van der Waals surface area contributed by atoms with Crippen LogP contribution in [0.25, 0.3) is 5.82 Å². The first-order valence-corrected chi connectivity index (χ1v) is 6.33. The van der Waals surface area contributed by atoms with E-state index in [1.807, 2.05) is 22.9 Å². The maximum Gasteiger partial charge on any atom is 0.152 e. The van der Waals surface area contributed by atoms with Crippen LogP contribution in [-0.2, 0) is 6.42 Å². The van der Waals surface area contributed by atoms with Crippen molar-refractivity contribution in [3.63, 3.8) is 0 Å². The average molecular weight is 298 g/mol. The lowest BCUT2D eigenvalue weighted by molar-refractivity contribution is 0.785. The molecule has 0 amide bonds. The second-order valence-corrected chi connectivity index (χ2v) is 4.87. The summed E-state index contributed by atoms with van der Waals surface area (Å²) in [4.78, 5) is 4.30. The molecule has 0 aliphatic rings. The van der Waals surface area contributed by atoms with E-state index in [9.17, 15) is 0 Å². The molecule has 0 atom stereocenters. The molecule has 2 heterocycles. The number of nitrogens with zero attached hydrogens (tertiary/aromatic N) is 2. The zero-order valence-electron chi connectivity index (χ0n) is 8.90. The smallest absolute Gasteiger partial charge is 0.152 e. The molecule has 0 unspecified atom stereocenters. The average Bonchev–Trinajstić information content (AvgIpc) is 2.61. The Balaban J connectivity index is 2.40. The van der Waals surface area contributed by atoms with Crippen LogP contribution >= 0.6 is 28.1 Å². The molecule has 0 fully saturated rings. The number of aromatic nitrogens is 3. The standard InChI is InChI=1S/C11H12BrN3S/c1-2-3-9-6-11(16)15(14-9)10-5-4-8(12)7-13-10/h4-7,14H,2-3H2,1H3. The van der Waals surface area contributed by atoms with Crippen molar-refractivity contribution in [3.05, 3.63) is 39.2 Å². The van der Waals surface area contributed by atoms with Crippen LogP contribution in [0.1, 0.15) is 19.0 Å². The lowest BCUT2D eigenvalue weighted by Crippen LogP contribution is -1.99. The van der Waals surface area contributed by atoms with E-state index in [-0.39, 0.29) is 0 Å². The lowest BCUT2D eigenvalue weighted by atomic mass is 10.3. The van der Waals surface area contributed by atoms with E-state index in [1.54, 1.807) is 6.20 Å². The molecule has 5 heteroatoms. The van der Waals surface area contributed by atoms with Gasteiger partial charge in [0.05, 0.1) is 0 Å². The van der Waals surface area contributed by atoms with Gasteiger partial charge in [-0.2, -0.15) is 0 Å². The molecular formula is C11H12BrN3S. The van der Waals surface area contributed by atoms with Gasteiger partial charge in [0.25, 0.3) is 0 Å². The van der Waals surface area contributed by atoms with Gasteiger partial charge in [-0.3, -0.25) is 5.10 Å². The Morgan fingerprint density at radius 3 is 2.94 bits per heavy atom. The van der Waals surface area contributed by atoms with E-state index >= 15 is 0 Å². The second-order valence-electron chi connectivity index (χ2n) is 3.54. The minimum atomic E-state index is 0.762. The van der Waals surface area contributed by atoms with Gasteiger partial charge in [-0.1, -0.05) is 25.6 Å². The largest absolute Gasteiger partial charge is 0.296 e. The summed E-state index contributed by atoms with van der Waals surface area (Å²) in [5.41, 5.74) is 1.15. The molecule has 3 nitrogen and oxygen atoms in total. The van der Waals surface area contributed by atoms with Gasteiger partial charge in [-0.15, -0.1) is 0 Å². The highest BCUT2D eigenvalue weighted by atomic mass is 79.9. The van der Waals surface area contributed by atoms with Crippen molar-refractivity contribution in [2.45, 2.75) is 19.8 Å². The van der Waals surface area contributed by atoms with Gasteiger partial charge in [-0.25, -0.2) is 9.67 Å². The van der Waals surface area contributed by atoms with Crippen LogP contribution in [0, 0.1) is 4.64 Å². The summed E-state index contributed by atoms with van der Waals surface area (Å²) in [5, 5.41) is 3.25. The summed E-state index contributed by atoms with van der Waals surface area (Å²) in [5.74, 6) is 0.815. The summed E-state index contributed by atoms with van der Waals surface area (Å²) in [6.45, 7) is 2.14. The van der Waals surface area contributed by atoms with E-state index in [2.05, 4.69) is 32.9 Å². The van der Waals surface area contributed by atoms with Crippen molar-refractivity contribution in [2.24, 2.45) is 0 Å². The molecule has 0 saturated heterocycles. The van der Waals surface area contributed by atoms with E-state index in [1.165, 1.54) is 0 Å². The van der Waals surface area contributed by atoms with Gasteiger partial charge in [0.15, 0.2) is 5.82 Å². The molecule has 0 radical (unpaired) electrons. The summed E-state index contributed by atoms with van der Waals surface area (Å²) in [7, 11) is 0. The minimum absolute atomic E-state index is 0.762. The molecule has 2 rings (SSSR count). The van der Waals surface area contributed by atoms with Crippen LogP contribution in [0.4, 0.5) is 0 Å². The predicted molar refractivity (Wildman–Crippen MR) is 70.4 cm³/mol. The molecule has 2 aromatic rings. The van der Waals surface area contributed by atoms with E-state index in [0.29, 0.717) is 0 Å². The fraction of sp³-hybridized carbons (Fsp3) is 0.273. The Bertz CT molecular complexity index is 527. The maximum absolute atomic E-state index is 5.28. The van der Waals surface area contributed by atoms with E-state index in [4.69, 9.17) is 12.2 Å². The van der Waals surface area contributed by atoms with Crippen molar-refractivity contribution in [1.82, 2.24) is 14.8 Å². The molecule has 16 heavy (non-hydrogen) atoms. The van der Waals surface area contributed by atoms with Crippen molar-refractivity contribution in [2.75, 3.05) is 0 Å². The number of aromatic amines is 1. The highest BCUT2D eigenvalue weighted by Crippen LogP contribution is 2.12. The Labute approximate surface area is 108 Å². The first-order chi connectivity index (χ1) is 7.70. The quantitative estimate of drug-likeness (QED) is 0.878. The van der Waals surface area contributed by atoms with Gasteiger partial charge in [0.2, 0.25) is 0 Å². The summed E-state index contributed by atoms with van der Waals surface area (Å²) < 4.78 is 3.55. The van der Waals surface area contributed by atoms with E-state index < -0.39 is 0 Å². The molecule has 0 aliphatic heterocycles. The lowest BCUT2D eigenvalue weighted by Gasteiger charge is -2.01. The highest BCUT2D eigenvalue weighted by molar-refractivity contribution is 9.10. The number of rotatable bonds is 3. The maximum atomic E-state index is 5.28. The predicted octanol–water partition coefficient (Wildman–Crippen LogP) is 3.64. The third-order valence-electron chi connectivity index (χ3n) is 2.23. The van der Waals surface area contributed by atoms with Crippen LogP contribution in [0.2, 0.25) is 0 Å². The monoisotopic (exact) mass is 297 g/mol. The number of nitrogens with one attached hydrogen (secondary N) is 1. The van der Waals surface area contributed by atoms with Crippen LogP contribution in [0.3, 0.4) is 0 Å². The Kier molecular flexibility index (Phi) is 3.56. The molecule has 0 bridgehead atoms. The van der Waals surface area contributed by atoms with Crippen LogP contribution in [0.15, 0.2) is 28.9 Å². The molecular weight excluding hydrogens is 286 g/mol. The first kappa shape index (κ1) is 11.5.